The van der Waals surface area contributed by atoms with Gasteiger partial charge in [0.2, 0.25) is 0 Å². The molecule has 0 aliphatic heterocycles. The predicted molar refractivity (Wildman–Crippen MR) is 53.6 cm³/mol. The summed E-state index contributed by atoms with van der Waals surface area (Å²) >= 11 is 0. The fraction of sp³-hybridized carbons (Fsp3) is 0.375. The molecule has 0 bridgehead atoms. The van der Waals surface area contributed by atoms with E-state index in [0.29, 0.717) is 11.7 Å². The van der Waals surface area contributed by atoms with Gasteiger partial charge in [-0.05, 0) is 13.8 Å². The zero-order valence-corrected chi connectivity index (χ0v) is 8.40. The first-order valence-corrected chi connectivity index (χ1v) is 3.94. The van der Waals surface area contributed by atoms with Gasteiger partial charge in [-0.1, -0.05) is 0 Å². The minimum Gasteiger partial charge on any atom is -0.481 e. The quantitative estimate of drug-likeness (QED) is 0.459. The van der Waals surface area contributed by atoms with Gasteiger partial charge in [-0.3, -0.25) is 9.89 Å². The van der Waals surface area contributed by atoms with Crippen LogP contribution in [0, 0.1) is 6.92 Å². The maximum atomic E-state index is 9.00. The number of hydrogen-bond donors (Lipinski definition) is 3. The van der Waals surface area contributed by atoms with Crippen LogP contribution in [0.5, 0.6) is 0 Å². The zero-order chi connectivity index (χ0) is 11.1. The second-order valence-electron chi connectivity index (χ2n) is 2.68. The molecule has 0 unspecified atom stereocenters. The van der Waals surface area contributed by atoms with E-state index >= 15 is 0 Å². The number of nitrogens with one attached hydrogen (secondary N) is 1. The number of carbonyl (C=O) groups is 1. The zero-order valence-electron chi connectivity index (χ0n) is 8.40. The molecule has 0 aliphatic rings. The number of carboxylic acids is 1. The van der Waals surface area contributed by atoms with Gasteiger partial charge in [0, 0.05) is 18.7 Å². The largest absolute Gasteiger partial charge is 0.481 e. The van der Waals surface area contributed by atoms with E-state index in [1.165, 1.54) is 0 Å². The van der Waals surface area contributed by atoms with Crippen LogP contribution in [0.2, 0.25) is 0 Å². The molecule has 0 aromatic carbocycles. The van der Waals surface area contributed by atoms with Crippen LogP contribution in [-0.4, -0.2) is 27.1 Å². The van der Waals surface area contributed by atoms with Gasteiger partial charge in [-0.25, -0.2) is 4.99 Å². The second kappa shape index (κ2) is 5.74. The Labute approximate surface area is 81.9 Å². The molecule has 14 heavy (non-hydrogen) atoms. The Balaban J connectivity index is 0.000000364. The molecule has 1 aromatic rings. The van der Waals surface area contributed by atoms with Crippen molar-refractivity contribution in [3.05, 3.63) is 11.8 Å². The summed E-state index contributed by atoms with van der Waals surface area (Å²) in [5.41, 5.74) is 6.32. The number of amidine groups is 1. The van der Waals surface area contributed by atoms with E-state index in [9.17, 15) is 0 Å². The summed E-state index contributed by atoms with van der Waals surface area (Å²) in [6, 6.07) is 1.83. The molecule has 4 N–H and O–H groups in total. The van der Waals surface area contributed by atoms with Crippen LogP contribution in [0.15, 0.2) is 11.1 Å². The molecule has 0 amide bonds. The smallest absolute Gasteiger partial charge is 0.300 e. The van der Waals surface area contributed by atoms with E-state index < -0.39 is 5.97 Å². The number of aliphatic imine (C=N–C) groups is 1. The minimum atomic E-state index is -0.833. The van der Waals surface area contributed by atoms with Gasteiger partial charge < -0.3 is 10.8 Å². The number of aromatic amines is 1. The summed E-state index contributed by atoms with van der Waals surface area (Å²) in [4.78, 5) is 12.9. The van der Waals surface area contributed by atoms with Gasteiger partial charge in [0.05, 0.1) is 5.84 Å². The normalized spacial score (nSPS) is 10.4. The molecule has 1 rings (SSSR count). The highest BCUT2D eigenvalue weighted by atomic mass is 16.4. The van der Waals surface area contributed by atoms with Crippen molar-refractivity contribution in [3.8, 4) is 0 Å². The Morgan fingerprint density at radius 2 is 2.14 bits per heavy atom. The van der Waals surface area contributed by atoms with Gasteiger partial charge >= 0.3 is 0 Å². The summed E-state index contributed by atoms with van der Waals surface area (Å²) in [7, 11) is 0. The van der Waals surface area contributed by atoms with Gasteiger partial charge in [-0.2, -0.15) is 5.10 Å². The van der Waals surface area contributed by atoms with Crippen molar-refractivity contribution in [2.24, 2.45) is 10.7 Å². The van der Waals surface area contributed by atoms with E-state index in [0.717, 1.165) is 12.6 Å². The number of rotatable bonds is 1. The number of aromatic nitrogens is 2. The first kappa shape index (κ1) is 12.2. The summed E-state index contributed by atoms with van der Waals surface area (Å²) in [6.45, 7) is 4.72. The van der Waals surface area contributed by atoms with E-state index in [-0.39, 0.29) is 0 Å². The Morgan fingerprint density at radius 1 is 1.64 bits per heavy atom. The number of nitrogens with two attached hydrogens (primary N) is 1. The molecular formula is C8H14N4O2. The summed E-state index contributed by atoms with van der Waals surface area (Å²) in [6.07, 6.45) is 0. The minimum absolute atomic E-state index is 0.520. The van der Waals surface area contributed by atoms with Crippen LogP contribution in [0.4, 0.5) is 5.82 Å². The lowest BCUT2D eigenvalue weighted by Gasteiger charge is -1.84. The molecular weight excluding hydrogens is 184 g/mol. The average Bonchev–Trinajstić information content (AvgIpc) is 2.32. The number of H-pyrrole nitrogens is 1. The average molecular weight is 198 g/mol. The van der Waals surface area contributed by atoms with Gasteiger partial charge in [0.15, 0.2) is 5.82 Å². The predicted octanol–water partition coefficient (Wildman–Crippen LogP) is 0.818. The highest BCUT2D eigenvalue weighted by molar-refractivity contribution is 5.79. The molecule has 0 spiro atoms. The van der Waals surface area contributed by atoms with Gasteiger partial charge in [-0.15, -0.1) is 0 Å². The Kier molecular flexibility index (Phi) is 4.98. The number of aryl methyl sites for hydroxylation is 1. The molecule has 1 heterocycles. The SMILES string of the molecule is CC(=O)O.CC(N)=Nc1cc(C)[nH]n1. The maximum absolute atomic E-state index is 9.00. The van der Waals surface area contributed by atoms with Crippen LogP contribution in [0.25, 0.3) is 0 Å². The Hall–Kier alpha value is -1.85. The van der Waals surface area contributed by atoms with E-state index in [4.69, 9.17) is 15.6 Å². The Morgan fingerprint density at radius 3 is 2.43 bits per heavy atom. The van der Waals surface area contributed by atoms with E-state index in [2.05, 4.69) is 15.2 Å². The Bertz CT molecular complexity index is 322. The molecule has 0 aliphatic carbocycles. The third-order valence-electron chi connectivity index (χ3n) is 0.983. The van der Waals surface area contributed by atoms with Crippen molar-refractivity contribution in [2.45, 2.75) is 20.8 Å². The van der Waals surface area contributed by atoms with Crippen LogP contribution in [0.3, 0.4) is 0 Å². The fourth-order valence-corrected chi connectivity index (χ4v) is 0.642. The first-order valence-electron chi connectivity index (χ1n) is 3.94. The second-order valence-corrected chi connectivity index (χ2v) is 2.68. The van der Waals surface area contributed by atoms with Crippen LogP contribution >= 0.6 is 0 Å². The van der Waals surface area contributed by atoms with Crippen molar-refractivity contribution >= 4 is 17.6 Å². The molecule has 6 nitrogen and oxygen atoms in total. The number of nitrogens with zero attached hydrogens (tertiary/aromatic N) is 2. The summed E-state index contributed by atoms with van der Waals surface area (Å²) in [5, 5.41) is 14.0. The maximum Gasteiger partial charge on any atom is 0.300 e. The molecule has 0 radical (unpaired) electrons. The summed E-state index contributed by atoms with van der Waals surface area (Å²) < 4.78 is 0. The standard InChI is InChI=1S/C6H10N4.C2H4O2/c1-4-3-6(10-9-4)8-5(2)7;1-2(3)4/h3H,1-2H3,(H3,7,8,9,10);1H3,(H,3,4). The van der Waals surface area contributed by atoms with Crippen LogP contribution in [0.1, 0.15) is 19.5 Å². The molecule has 1 aromatic heterocycles. The van der Waals surface area contributed by atoms with Gasteiger partial charge in [0.25, 0.3) is 5.97 Å². The number of carboxylic acid groups (broad SMARTS) is 1. The monoisotopic (exact) mass is 198 g/mol. The highest BCUT2D eigenvalue weighted by Gasteiger charge is 1.92. The molecule has 6 heteroatoms. The molecule has 0 atom stereocenters. The van der Waals surface area contributed by atoms with Crippen LogP contribution in [-0.2, 0) is 4.79 Å². The fourth-order valence-electron chi connectivity index (χ4n) is 0.642. The lowest BCUT2D eigenvalue weighted by atomic mass is 10.5. The van der Waals surface area contributed by atoms with Crippen molar-refractivity contribution < 1.29 is 9.90 Å². The van der Waals surface area contributed by atoms with Crippen molar-refractivity contribution in [1.29, 1.82) is 0 Å². The van der Waals surface area contributed by atoms with Crippen LogP contribution < -0.4 is 5.73 Å². The van der Waals surface area contributed by atoms with E-state index in [1.807, 2.05) is 13.0 Å². The molecule has 0 fully saturated rings. The molecule has 0 saturated carbocycles. The van der Waals surface area contributed by atoms with Crippen molar-refractivity contribution in [1.82, 2.24) is 10.2 Å². The lowest BCUT2D eigenvalue weighted by Crippen LogP contribution is -2.03. The molecule has 78 valence electrons. The highest BCUT2D eigenvalue weighted by Crippen LogP contribution is 2.06. The molecule has 0 saturated heterocycles. The summed E-state index contributed by atoms with van der Waals surface area (Å²) in [5.74, 6) is 0.323. The topological polar surface area (TPSA) is 104 Å². The lowest BCUT2D eigenvalue weighted by molar-refractivity contribution is -0.134. The van der Waals surface area contributed by atoms with Crippen molar-refractivity contribution in [2.75, 3.05) is 0 Å². The third kappa shape index (κ3) is 6.84. The number of hydrogen-bond acceptors (Lipinski definition) is 3. The van der Waals surface area contributed by atoms with E-state index in [1.54, 1.807) is 6.92 Å². The van der Waals surface area contributed by atoms with Crippen molar-refractivity contribution in [3.63, 3.8) is 0 Å². The first-order chi connectivity index (χ1) is 6.41. The third-order valence-corrected chi connectivity index (χ3v) is 0.983. The number of aliphatic carboxylic acids is 1. The van der Waals surface area contributed by atoms with Gasteiger partial charge in [0.1, 0.15) is 0 Å².